The van der Waals surface area contributed by atoms with Gasteiger partial charge >= 0.3 is 5.97 Å². The average Bonchev–Trinajstić information content (AvgIpc) is 2.57. The minimum Gasteiger partial charge on any atom is -0.466 e. The van der Waals surface area contributed by atoms with Gasteiger partial charge in [-0.05, 0) is 38.5 Å². The molecule has 3 rings (SSSR count). The van der Waals surface area contributed by atoms with Crippen LogP contribution in [-0.4, -0.2) is 24.3 Å². The van der Waals surface area contributed by atoms with E-state index >= 15 is 0 Å². The highest BCUT2D eigenvalue weighted by molar-refractivity contribution is 5.78. The summed E-state index contributed by atoms with van der Waals surface area (Å²) in [6.45, 7) is 2.34. The second-order valence-electron chi connectivity index (χ2n) is 4.71. The molecular weight excluding hydrogens is 180 g/mol. The lowest BCUT2D eigenvalue weighted by atomic mass is 9.98. The molecule has 3 aliphatic rings. The van der Waals surface area contributed by atoms with Gasteiger partial charge in [0.25, 0.3) is 0 Å². The van der Waals surface area contributed by atoms with Gasteiger partial charge in [-0.2, -0.15) is 0 Å². The Morgan fingerprint density at radius 3 is 3.00 bits per heavy atom. The van der Waals surface area contributed by atoms with Crippen molar-refractivity contribution < 1.29 is 14.3 Å². The standard InChI is InChI=1S/C11H16O3/c1-2-13-10(12)9-6-11(9)7-3-4-8(5-7)14-11/h7-9H,2-6H2,1H3. The summed E-state index contributed by atoms with van der Waals surface area (Å²) < 4.78 is 11.0. The van der Waals surface area contributed by atoms with Crippen molar-refractivity contribution in [3.63, 3.8) is 0 Å². The fraction of sp³-hybridized carbons (Fsp3) is 0.909. The van der Waals surface area contributed by atoms with Gasteiger partial charge in [-0.25, -0.2) is 0 Å². The Bertz CT molecular complexity index is 276. The number of ether oxygens (including phenoxy) is 2. The molecule has 2 aliphatic carbocycles. The number of fused-ring (bicyclic) bond motifs is 3. The molecule has 0 aromatic heterocycles. The van der Waals surface area contributed by atoms with Gasteiger partial charge in [0, 0.05) is 0 Å². The monoisotopic (exact) mass is 196 g/mol. The van der Waals surface area contributed by atoms with Gasteiger partial charge in [0.15, 0.2) is 0 Å². The molecule has 0 N–H and O–H groups in total. The smallest absolute Gasteiger partial charge is 0.311 e. The van der Waals surface area contributed by atoms with Gasteiger partial charge in [-0.15, -0.1) is 0 Å². The number of carbonyl (C=O) groups excluding carboxylic acids is 1. The molecule has 1 saturated heterocycles. The van der Waals surface area contributed by atoms with E-state index in [1.807, 2.05) is 6.92 Å². The van der Waals surface area contributed by atoms with E-state index in [0.717, 1.165) is 6.42 Å². The number of carbonyl (C=O) groups is 1. The highest BCUT2D eigenvalue weighted by Crippen LogP contribution is 2.63. The molecule has 0 aromatic rings. The number of hydrogen-bond acceptors (Lipinski definition) is 3. The highest BCUT2D eigenvalue weighted by atomic mass is 16.6. The van der Waals surface area contributed by atoms with Crippen LogP contribution in [-0.2, 0) is 14.3 Å². The summed E-state index contributed by atoms with van der Waals surface area (Å²) in [4.78, 5) is 11.5. The first-order valence-corrected chi connectivity index (χ1v) is 5.60. The van der Waals surface area contributed by atoms with Crippen molar-refractivity contribution in [3.05, 3.63) is 0 Å². The summed E-state index contributed by atoms with van der Waals surface area (Å²) >= 11 is 0. The van der Waals surface area contributed by atoms with Crippen LogP contribution in [0.25, 0.3) is 0 Å². The van der Waals surface area contributed by atoms with Crippen LogP contribution in [0.3, 0.4) is 0 Å². The van der Waals surface area contributed by atoms with Crippen LogP contribution >= 0.6 is 0 Å². The molecule has 1 spiro atoms. The van der Waals surface area contributed by atoms with E-state index in [-0.39, 0.29) is 17.5 Å². The lowest BCUT2D eigenvalue weighted by Gasteiger charge is -2.22. The van der Waals surface area contributed by atoms with Crippen molar-refractivity contribution in [1.29, 1.82) is 0 Å². The second kappa shape index (κ2) is 2.72. The topological polar surface area (TPSA) is 35.5 Å². The summed E-state index contributed by atoms with van der Waals surface area (Å²) in [5.41, 5.74) is -0.0742. The normalized spacial score (nSPS) is 48.5. The van der Waals surface area contributed by atoms with E-state index in [9.17, 15) is 4.79 Å². The first-order chi connectivity index (χ1) is 6.76. The zero-order chi connectivity index (χ0) is 9.76. The van der Waals surface area contributed by atoms with Crippen LogP contribution < -0.4 is 0 Å². The molecule has 1 heterocycles. The molecule has 0 radical (unpaired) electrons. The van der Waals surface area contributed by atoms with Gasteiger partial charge in [-0.3, -0.25) is 4.79 Å². The zero-order valence-corrected chi connectivity index (χ0v) is 8.49. The van der Waals surface area contributed by atoms with Crippen LogP contribution in [0.4, 0.5) is 0 Å². The number of esters is 1. The minimum atomic E-state index is -0.0742. The van der Waals surface area contributed by atoms with E-state index in [4.69, 9.17) is 9.47 Å². The first kappa shape index (κ1) is 8.72. The van der Waals surface area contributed by atoms with Crippen molar-refractivity contribution in [2.24, 2.45) is 11.8 Å². The Labute approximate surface area is 83.8 Å². The Kier molecular flexibility index (Phi) is 1.69. The van der Waals surface area contributed by atoms with Crippen molar-refractivity contribution in [2.45, 2.75) is 44.3 Å². The molecule has 4 atom stereocenters. The van der Waals surface area contributed by atoms with Crippen LogP contribution in [0.2, 0.25) is 0 Å². The fourth-order valence-corrected chi connectivity index (χ4v) is 3.26. The quantitative estimate of drug-likeness (QED) is 0.628. The third kappa shape index (κ3) is 0.991. The molecule has 14 heavy (non-hydrogen) atoms. The van der Waals surface area contributed by atoms with Crippen LogP contribution in [0.15, 0.2) is 0 Å². The summed E-state index contributed by atoms with van der Waals surface area (Å²) in [6, 6.07) is 0. The third-order valence-electron chi connectivity index (χ3n) is 3.99. The zero-order valence-electron chi connectivity index (χ0n) is 8.49. The molecular formula is C11H16O3. The first-order valence-electron chi connectivity index (χ1n) is 5.60. The van der Waals surface area contributed by atoms with Gasteiger partial charge in [0.2, 0.25) is 0 Å². The van der Waals surface area contributed by atoms with E-state index in [1.165, 1.54) is 19.3 Å². The lowest BCUT2D eigenvalue weighted by Crippen LogP contribution is -2.28. The third-order valence-corrected chi connectivity index (χ3v) is 3.99. The maximum absolute atomic E-state index is 11.5. The summed E-state index contributed by atoms with van der Waals surface area (Å²) in [7, 11) is 0. The molecule has 4 unspecified atom stereocenters. The fourth-order valence-electron chi connectivity index (χ4n) is 3.26. The van der Waals surface area contributed by atoms with Crippen LogP contribution in [0, 0.1) is 11.8 Å². The van der Waals surface area contributed by atoms with Crippen LogP contribution in [0.5, 0.6) is 0 Å². The maximum Gasteiger partial charge on any atom is 0.311 e. The molecule has 3 heteroatoms. The summed E-state index contributed by atoms with van der Waals surface area (Å²) in [5, 5.41) is 0. The highest BCUT2D eigenvalue weighted by Gasteiger charge is 2.70. The van der Waals surface area contributed by atoms with Crippen molar-refractivity contribution in [1.82, 2.24) is 0 Å². The van der Waals surface area contributed by atoms with E-state index in [1.54, 1.807) is 0 Å². The molecule has 2 saturated carbocycles. The largest absolute Gasteiger partial charge is 0.466 e. The molecule has 2 bridgehead atoms. The van der Waals surface area contributed by atoms with Crippen LogP contribution in [0.1, 0.15) is 32.6 Å². The Hall–Kier alpha value is -0.570. The van der Waals surface area contributed by atoms with Gasteiger partial charge in [0.1, 0.15) is 0 Å². The Balaban J connectivity index is 1.69. The molecule has 0 aromatic carbocycles. The average molecular weight is 196 g/mol. The summed E-state index contributed by atoms with van der Waals surface area (Å²) in [6.07, 6.45) is 4.98. The Morgan fingerprint density at radius 1 is 1.57 bits per heavy atom. The van der Waals surface area contributed by atoms with Crippen molar-refractivity contribution in [2.75, 3.05) is 6.61 Å². The van der Waals surface area contributed by atoms with Crippen molar-refractivity contribution in [3.8, 4) is 0 Å². The molecule has 3 nitrogen and oxygen atoms in total. The lowest BCUT2D eigenvalue weighted by molar-refractivity contribution is -0.148. The van der Waals surface area contributed by atoms with E-state index in [0.29, 0.717) is 18.6 Å². The summed E-state index contributed by atoms with van der Waals surface area (Å²) in [5.74, 6) is 0.653. The minimum absolute atomic E-state index is 0.0416. The van der Waals surface area contributed by atoms with Crippen molar-refractivity contribution >= 4 is 5.97 Å². The number of hydrogen-bond donors (Lipinski definition) is 0. The Morgan fingerprint density at radius 2 is 2.43 bits per heavy atom. The van der Waals surface area contributed by atoms with E-state index < -0.39 is 0 Å². The maximum atomic E-state index is 11.5. The molecule has 0 amide bonds. The molecule has 1 aliphatic heterocycles. The second-order valence-corrected chi connectivity index (χ2v) is 4.71. The van der Waals surface area contributed by atoms with Gasteiger partial charge in [-0.1, -0.05) is 0 Å². The predicted molar refractivity (Wildman–Crippen MR) is 49.7 cm³/mol. The van der Waals surface area contributed by atoms with Gasteiger partial charge < -0.3 is 9.47 Å². The SMILES string of the molecule is CCOC(=O)C1CC12OC1CCC2C1. The van der Waals surface area contributed by atoms with Gasteiger partial charge in [0.05, 0.1) is 24.2 Å². The van der Waals surface area contributed by atoms with E-state index in [2.05, 4.69) is 0 Å². The predicted octanol–water partition coefficient (Wildman–Crippen LogP) is 1.51. The molecule has 78 valence electrons. The molecule has 3 fully saturated rings. The number of rotatable bonds is 2.